The van der Waals surface area contributed by atoms with Crippen molar-refractivity contribution in [1.29, 1.82) is 0 Å². The molecule has 1 rings (SSSR count). The molecule has 0 N–H and O–H groups in total. The molecule has 0 spiro atoms. The number of ether oxygens (including phenoxy) is 1. The molecule has 0 fully saturated rings. The smallest absolute Gasteiger partial charge is 0.223 e. The number of nitrogens with zero attached hydrogens (tertiary/aromatic N) is 2. The zero-order valence-electron chi connectivity index (χ0n) is 12.6. The summed E-state index contributed by atoms with van der Waals surface area (Å²) < 4.78 is 7.13. The van der Waals surface area contributed by atoms with E-state index in [0.717, 1.165) is 18.7 Å². The van der Waals surface area contributed by atoms with Crippen molar-refractivity contribution in [3.8, 4) is 0 Å². The van der Waals surface area contributed by atoms with E-state index < -0.39 is 0 Å². The SMILES string of the molecule is COCCCN(Cc1cccn1C)C(=O)CC(C)C. The van der Waals surface area contributed by atoms with Crippen molar-refractivity contribution in [1.82, 2.24) is 9.47 Å². The fourth-order valence-corrected chi connectivity index (χ4v) is 2.03. The molecule has 0 unspecified atom stereocenters. The third kappa shape index (κ3) is 5.47. The summed E-state index contributed by atoms with van der Waals surface area (Å²) in [6, 6.07) is 4.07. The first-order chi connectivity index (χ1) is 9.04. The summed E-state index contributed by atoms with van der Waals surface area (Å²) in [7, 11) is 3.70. The summed E-state index contributed by atoms with van der Waals surface area (Å²) >= 11 is 0. The Morgan fingerprint density at radius 3 is 2.74 bits per heavy atom. The first kappa shape index (κ1) is 15.8. The Bertz CT molecular complexity index is 385. The van der Waals surface area contributed by atoms with E-state index >= 15 is 0 Å². The predicted molar refractivity (Wildman–Crippen MR) is 76.8 cm³/mol. The second-order valence-corrected chi connectivity index (χ2v) is 5.37. The Hall–Kier alpha value is -1.29. The van der Waals surface area contributed by atoms with E-state index in [-0.39, 0.29) is 5.91 Å². The number of aryl methyl sites for hydroxylation is 1. The maximum Gasteiger partial charge on any atom is 0.223 e. The summed E-state index contributed by atoms with van der Waals surface area (Å²) in [5, 5.41) is 0. The van der Waals surface area contributed by atoms with Gasteiger partial charge in [-0.2, -0.15) is 0 Å². The van der Waals surface area contributed by atoms with E-state index in [1.54, 1.807) is 7.11 Å². The van der Waals surface area contributed by atoms with E-state index in [4.69, 9.17) is 4.74 Å². The molecule has 4 nitrogen and oxygen atoms in total. The molecule has 1 aromatic heterocycles. The molecule has 108 valence electrons. The summed E-state index contributed by atoms with van der Waals surface area (Å²) in [4.78, 5) is 14.2. The fourth-order valence-electron chi connectivity index (χ4n) is 2.03. The molecule has 0 radical (unpaired) electrons. The minimum atomic E-state index is 0.229. The van der Waals surface area contributed by atoms with E-state index in [1.807, 2.05) is 24.2 Å². The highest BCUT2D eigenvalue weighted by Crippen LogP contribution is 2.10. The second kappa shape index (κ2) is 8.00. The van der Waals surface area contributed by atoms with Gasteiger partial charge in [0.2, 0.25) is 5.91 Å². The molecule has 1 heterocycles. The lowest BCUT2D eigenvalue weighted by Gasteiger charge is -2.24. The van der Waals surface area contributed by atoms with Crippen molar-refractivity contribution in [3.63, 3.8) is 0 Å². The largest absolute Gasteiger partial charge is 0.385 e. The summed E-state index contributed by atoms with van der Waals surface area (Å²) in [5.41, 5.74) is 1.16. The monoisotopic (exact) mass is 266 g/mol. The lowest BCUT2D eigenvalue weighted by Crippen LogP contribution is -2.33. The van der Waals surface area contributed by atoms with Gasteiger partial charge in [-0.1, -0.05) is 13.8 Å². The van der Waals surface area contributed by atoms with Crippen molar-refractivity contribution >= 4 is 5.91 Å². The lowest BCUT2D eigenvalue weighted by molar-refractivity contribution is -0.132. The van der Waals surface area contributed by atoms with Gasteiger partial charge >= 0.3 is 0 Å². The van der Waals surface area contributed by atoms with E-state index in [0.29, 0.717) is 25.5 Å². The molecule has 19 heavy (non-hydrogen) atoms. The first-order valence-corrected chi connectivity index (χ1v) is 6.91. The Morgan fingerprint density at radius 2 is 2.21 bits per heavy atom. The third-order valence-corrected chi connectivity index (χ3v) is 3.12. The maximum absolute atomic E-state index is 12.3. The summed E-state index contributed by atoms with van der Waals surface area (Å²) in [5.74, 6) is 0.623. The highest BCUT2D eigenvalue weighted by atomic mass is 16.5. The Kier molecular flexibility index (Phi) is 6.64. The van der Waals surface area contributed by atoms with Crippen molar-refractivity contribution in [2.75, 3.05) is 20.3 Å². The summed E-state index contributed by atoms with van der Waals surface area (Å²) in [6.45, 7) is 6.28. The Labute approximate surface area is 116 Å². The third-order valence-electron chi connectivity index (χ3n) is 3.12. The molecule has 1 aromatic rings. The van der Waals surface area contributed by atoms with Crippen LogP contribution in [-0.2, 0) is 23.1 Å². The predicted octanol–water partition coefficient (Wildman–Crippen LogP) is 2.44. The summed E-state index contributed by atoms with van der Waals surface area (Å²) in [6.07, 6.45) is 3.50. The van der Waals surface area contributed by atoms with Crippen LogP contribution >= 0.6 is 0 Å². The molecule has 4 heteroatoms. The second-order valence-electron chi connectivity index (χ2n) is 5.37. The van der Waals surface area contributed by atoms with Gasteiger partial charge in [0.05, 0.1) is 6.54 Å². The fraction of sp³-hybridized carbons (Fsp3) is 0.667. The minimum absolute atomic E-state index is 0.229. The van der Waals surface area contributed by atoms with Gasteiger partial charge in [0.25, 0.3) is 0 Å². The number of carbonyl (C=O) groups is 1. The van der Waals surface area contributed by atoms with Crippen LogP contribution in [0.2, 0.25) is 0 Å². The number of hydrogen-bond acceptors (Lipinski definition) is 2. The zero-order valence-corrected chi connectivity index (χ0v) is 12.6. The van der Waals surface area contributed by atoms with Gasteiger partial charge in [-0.05, 0) is 24.5 Å². The van der Waals surface area contributed by atoms with Crippen LogP contribution in [-0.4, -0.2) is 35.6 Å². The van der Waals surface area contributed by atoms with Crippen LogP contribution in [0.4, 0.5) is 0 Å². The van der Waals surface area contributed by atoms with Crippen LogP contribution in [0, 0.1) is 5.92 Å². The van der Waals surface area contributed by atoms with Crippen LogP contribution < -0.4 is 0 Å². The molecule has 1 amide bonds. The molecule has 0 saturated carbocycles. The minimum Gasteiger partial charge on any atom is -0.385 e. The van der Waals surface area contributed by atoms with E-state index in [2.05, 4.69) is 24.5 Å². The zero-order chi connectivity index (χ0) is 14.3. The topological polar surface area (TPSA) is 34.5 Å². The molecule has 0 aliphatic heterocycles. The lowest BCUT2D eigenvalue weighted by atomic mass is 10.1. The van der Waals surface area contributed by atoms with Crippen molar-refractivity contribution < 1.29 is 9.53 Å². The number of aromatic nitrogens is 1. The normalized spacial score (nSPS) is 11.0. The highest BCUT2D eigenvalue weighted by Gasteiger charge is 2.16. The number of hydrogen-bond donors (Lipinski definition) is 0. The van der Waals surface area contributed by atoms with Crippen LogP contribution in [0.3, 0.4) is 0 Å². The van der Waals surface area contributed by atoms with Crippen LogP contribution in [0.25, 0.3) is 0 Å². The standard InChI is InChI=1S/C15H26N2O2/c1-13(2)11-15(18)17(9-6-10-19-4)12-14-7-5-8-16(14)3/h5,7-8,13H,6,9-12H2,1-4H3. The molecule has 0 aromatic carbocycles. The molecule has 0 saturated heterocycles. The number of carbonyl (C=O) groups excluding carboxylic acids is 1. The van der Waals surface area contributed by atoms with Crippen LogP contribution in [0.5, 0.6) is 0 Å². The highest BCUT2D eigenvalue weighted by molar-refractivity contribution is 5.76. The van der Waals surface area contributed by atoms with E-state index in [9.17, 15) is 4.79 Å². The van der Waals surface area contributed by atoms with Crippen LogP contribution in [0.15, 0.2) is 18.3 Å². The number of rotatable bonds is 8. The van der Waals surface area contributed by atoms with Crippen molar-refractivity contribution in [2.24, 2.45) is 13.0 Å². The maximum atomic E-state index is 12.3. The number of amides is 1. The molecule has 0 aliphatic carbocycles. The van der Waals surface area contributed by atoms with E-state index in [1.165, 1.54) is 0 Å². The van der Waals surface area contributed by atoms with Crippen LogP contribution in [0.1, 0.15) is 32.4 Å². The molecule has 0 bridgehead atoms. The van der Waals surface area contributed by atoms with Gasteiger partial charge in [0, 0.05) is 45.6 Å². The quantitative estimate of drug-likeness (QED) is 0.677. The van der Waals surface area contributed by atoms with Gasteiger partial charge < -0.3 is 14.2 Å². The van der Waals surface area contributed by atoms with Gasteiger partial charge in [0.15, 0.2) is 0 Å². The molecular formula is C15H26N2O2. The molecule has 0 aliphatic rings. The average molecular weight is 266 g/mol. The Morgan fingerprint density at radius 1 is 1.47 bits per heavy atom. The molecular weight excluding hydrogens is 240 g/mol. The average Bonchev–Trinajstić information content (AvgIpc) is 2.73. The van der Waals surface area contributed by atoms with Gasteiger partial charge in [0.1, 0.15) is 0 Å². The first-order valence-electron chi connectivity index (χ1n) is 6.91. The van der Waals surface area contributed by atoms with Crippen molar-refractivity contribution in [3.05, 3.63) is 24.0 Å². The van der Waals surface area contributed by atoms with Gasteiger partial charge in [-0.15, -0.1) is 0 Å². The number of methoxy groups -OCH3 is 1. The van der Waals surface area contributed by atoms with Gasteiger partial charge in [-0.3, -0.25) is 4.79 Å². The Balaban J connectivity index is 2.63. The van der Waals surface area contributed by atoms with Gasteiger partial charge in [-0.25, -0.2) is 0 Å². The molecule has 0 atom stereocenters. The van der Waals surface area contributed by atoms with Crippen molar-refractivity contribution in [2.45, 2.75) is 33.2 Å².